The van der Waals surface area contributed by atoms with Gasteiger partial charge in [-0.3, -0.25) is 10.1 Å². The predicted octanol–water partition coefficient (Wildman–Crippen LogP) is 8.83. The number of halogens is 2. The first kappa shape index (κ1) is 24.5. The van der Waals surface area contributed by atoms with Crippen molar-refractivity contribution >= 4 is 53.9 Å². The summed E-state index contributed by atoms with van der Waals surface area (Å²) >= 11 is 13.8. The summed E-state index contributed by atoms with van der Waals surface area (Å²) in [7, 11) is -4.05. The van der Waals surface area contributed by atoms with E-state index in [0.717, 1.165) is 0 Å². The van der Waals surface area contributed by atoms with Gasteiger partial charge in [0.25, 0.3) is 5.69 Å². The third-order valence-electron chi connectivity index (χ3n) is 5.30. The van der Waals surface area contributed by atoms with Crippen molar-refractivity contribution < 1.29 is 18.5 Å². The highest BCUT2D eigenvalue weighted by atomic mass is 35.5. The van der Waals surface area contributed by atoms with Gasteiger partial charge in [-0.15, -0.1) is 0 Å². The number of benzene rings is 4. The molecule has 1 aliphatic rings. The van der Waals surface area contributed by atoms with E-state index in [-0.39, 0.29) is 5.69 Å². The van der Waals surface area contributed by atoms with Crippen molar-refractivity contribution in [1.29, 1.82) is 0 Å². The van der Waals surface area contributed by atoms with E-state index in [4.69, 9.17) is 32.2 Å². The van der Waals surface area contributed by atoms with E-state index in [9.17, 15) is 14.7 Å². The Labute approximate surface area is 221 Å². The van der Waals surface area contributed by atoms with Crippen LogP contribution in [0.25, 0.3) is 0 Å². The van der Waals surface area contributed by atoms with Gasteiger partial charge in [0.1, 0.15) is 11.5 Å². The van der Waals surface area contributed by atoms with Gasteiger partial charge in [-0.25, -0.2) is 4.57 Å². The molecule has 0 saturated carbocycles. The first-order chi connectivity index (χ1) is 17.3. The van der Waals surface area contributed by atoms with Crippen LogP contribution in [0, 0.1) is 10.1 Å². The molecule has 1 heterocycles. The summed E-state index contributed by atoms with van der Waals surface area (Å²) in [5.74, 6) is -0.287. The van der Waals surface area contributed by atoms with E-state index in [1.165, 1.54) is 23.9 Å². The second-order valence-corrected chi connectivity index (χ2v) is 11.7. The lowest BCUT2D eigenvalue weighted by molar-refractivity contribution is -0.384. The molecule has 1 aliphatic heterocycles. The van der Waals surface area contributed by atoms with E-state index in [1.807, 2.05) is 18.2 Å². The summed E-state index contributed by atoms with van der Waals surface area (Å²) in [5.41, 5.74) is 1.08. The summed E-state index contributed by atoms with van der Waals surface area (Å²) < 4.78 is 27.0. The number of nitro benzene ring substituents is 1. The maximum Gasteiger partial charge on any atom is 0.457 e. The molecule has 0 saturated heterocycles. The predicted molar refractivity (Wildman–Crippen MR) is 142 cm³/mol. The Bertz CT molecular complexity index is 1430. The van der Waals surface area contributed by atoms with Gasteiger partial charge in [0.15, 0.2) is 5.78 Å². The number of nitrogens with zero attached hydrogens (tertiary/aromatic N) is 1. The van der Waals surface area contributed by atoms with Crippen molar-refractivity contribution in [3.05, 3.63) is 117 Å². The van der Waals surface area contributed by atoms with Crippen molar-refractivity contribution in [2.45, 2.75) is 15.6 Å². The molecule has 4 aromatic carbocycles. The second-order valence-electron chi connectivity index (χ2n) is 7.77. The zero-order chi connectivity index (χ0) is 25.3. The number of anilines is 1. The molecule has 1 N–H and O–H groups in total. The molecule has 182 valence electrons. The van der Waals surface area contributed by atoms with Gasteiger partial charge in [0, 0.05) is 27.9 Å². The van der Waals surface area contributed by atoms with Crippen LogP contribution in [0.1, 0.15) is 11.3 Å². The number of nitro groups is 1. The minimum Gasteiger partial charge on any atom is -0.413 e. The van der Waals surface area contributed by atoms with E-state index >= 15 is 0 Å². The van der Waals surface area contributed by atoms with Gasteiger partial charge >= 0.3 is 7.60 Å². The molecular formula is C25H17Cl2N2O5PS. The van der Waals surface area contributed by atoms with Gasteiger partial charge < -0.3 is 14.4 Å². The zero-order valence-corrected chi connectivity index (χ0v) is 21.6. The van der Waals surface area contributed by atoms with Crippen LogP contribution in [0.4, 0.5) is 11.4 Å². The minimum atomic E-state index is -4.05. The molecule has 36 heavy (non-hydrogen) atoms. The third-order valence-corrected chi connectivity index (χ3v) is 8.81. The van der Waals surface area contributed by atoms with E-state index in [2.05, 4.69) is 5.32 Å². The Balaban J connectivity index is 1.64. The maximum absolute atomic E-state index is 14.7. The fraction of sp³-hybridized carbons (Fsp3) is 0.0400. The molecule has 1 unspecified atom stereocenters. The molecule has 0 aromatic heterocycles. The first-order valence-electron chi connectivity index (χ1n) is 10.6. The molecular weight excluding hydrogens is 542 g/mol. The summed E-state index contributed by atoms with van der Waals surface area (Å²) in [6, 6.07) is 24.9. The van der Waals surface area contributed by atoms with Crippen molar-refractivity contribution in [2.75, 3.05) is 5.32 Å². The molecule has 0 bridgehead atoms. The zero-order valence-electron chi connectivity index (χ0n) is 18.3. The quantitative estimate of drug-likeness (QED) is 0.148. The number of hydrogen-bond acceptors (Lipinski definition) is 7. The van der Waals surface area contributed by atoms with Gasteiger partial charge in [-0.1, -0.05) is 65.3 Å². The van der Waals surface area contributed by atoms with Crippen LogP contribution in [0.5, 0.6) is 11.5 Å². The highest BCUT2D eigenvalue weighted by Crippen LogP contribution is 2.63. The Morgan fingerprint density at radius 3 is 1.92 bits per heavy atom. The molecule has 7 nitrogen and oxygen atoms in total. The van der Waals surface area contributed by atoms with Crippen LogP contribution >= 0.6 is 42.6 Å². The second kappa shape index (κ2) is 10.1. The van der Waals surface area contributed by atoms with Gasteiger partial charge in [0.05, 0.1) is 14.7 Å². The van der Waals surface area contributed by atoms with Crippen LogP contribution in [-0.2, 0) is 4.57 Å². The standard InChI is InChI=1S/C25H17Cl2N2O5PS/c26-17-6-12-21-23(14-17)36-24-15-18(27)7-13-22(24)34-35(32,33-21)25(16-4-2-1-3-5-16)28-19-8-10-20(11-9-19)29(30)31/h1-15,25,28H. The molecule has 0 fully saturated rings. The SMILES string of the molecule is O=[N+]([O-])c1ccc(NC(c2ccccc2)P2(=O)Oc3ccc(Cl)cc3Sc3cc(Cl)ccc3O2)cc1. The highest BCUT2D eigenvalue weighted by molar-refractivity contribution is 7.99. The fourth-order valence-corrected chi connectivity index (χ4v) is 7.19. The largest absolute Gasteiger partial charge is 0.457 e. The average molecular weight is 559 g/mol. The smallest absolute Gasteiger partial charge is 0.413 e. The van der Waals surface area contributed by atoms with Crippen LogP contribution in [-0.4, -0.2) is 4.92 Å². The Hall–Kier alpha value is -3.16. The van der Waals surface area contributed by atoms with Crippen LogP contribution in [0.2, 0.25) is 10.0 Å². The molecule has 1 atom stereocenters. The number of nitrogens with one attached hydrogen (secondary N) is 1. The molecule has 5 rings (SSSR count). The van der Waals surface area contributed by atoms with Crippen molar-refractivity contribution in [3.63, 3.8) is 0 Å². The van der Waals surface area contributed by atoms with Crippen LogP contribution in [0.3, 0.4) is 0 Å². The van der Waals surface area contributed by atoms with Crippen molar-refractivity contribution in [3.8, 4) is 11.5 Å². The van der Waals surface area contributed by atoms with E-state index in [0.29, 0.717) is 42.6 Å². The molecule has 0 radical (unpaired) electrons. The van der Waals surface area contributed by atoms with Crippen molar-refractivity contribution in [1.82, 2.24) is 0 Å². The summed E-state index contributed by atoms with van der Waals surface area (Å²) in [6.45, 7) is 0. The lowest BCUT2D eigenvalue weighted by Crippen LogP contribution is -2.19. The number of hydrogen-bond donors (Lipinski definition) is 1. The third kappa shape index (κ3) is 5.18. The van der Waals surface area contributed by atoms with Crippen LogP contribution < -0.4 is 14.4 Å². The normalized spacial score (nSPS) is 14.6. The Kier molecular flexibility index (Phi) is 6.86. The van der Waals surface area contributed by atoms with Crippen LogP contribution in [0.15, 0.2) is 101 Å². The van der Waals surface area contributed by atoms with Crippen molar-refractivity contribution in [2.24, 2.45) is 0 Å². The maximum atomic E-state index is 14.7. The summed E-state index contributed by atoms with van der Waals surface area (Å²) in [5, 5.41) is 15.3. The van der Waals surface area contributed by atoms with E-state index < -0.39 is 18.3 Å². The minimum absolute atomic E-state index is 0.0597. The molecule has 11 heteroatoms. The summed E-state index contributed by atoms with van der Waals surface area (Å²) in [4.78, 5) is 11.9. The first-order valence-corrected chi connectivity index (χ1v) is 13.8. The number of fused-ring (bicyclic) bond motifs is 2. The van der Waals surface area contributed by atoms with Gasteiger partial charge in [-0.05, 0) is 54.1 Å². The lowest BCUT2D eigenvalue weighted by atomic mass is 10.2. The number of non-ortho nitro benzene ring substituents is 1. The average Bonchev–Trinajstić information content (AvgIpc) is 2.86. The molecule has 4 aromatic rings. The van der Waals surface area contributed by atoms with Gasteiger partial charge in [0.2, 0.25) is 0 Å². The summed E-state index contributed by atoms with van der Waals surface area (Å²) in [6.07, 6.45) is 0. The molecule has 0 amide bonds. The van der Waals surface area contributed by atoms with E-state index in [1.54, 1.807) is 60.7 Å². The molecule has 0 spiro atoms. The Morgan fingerprint density at radius 1 is 0.833 bits per heavy atom. The number of rotatable bonds is 5. The molecule has 0 aliphatic carbocycles. The fourth-order valence-electron chi connectivity index (χ4n) is 3.61. The van der Waals surface area contributed by atoms with Gasteiger partial charge in [-0.2, -0.15) is 0 Å². The lowest BCUT2D eigenvalue weighted by Gasteiger charge is -2.31. The topological polar surface area (TPSA) is 90.7 Å². The Morgan fingerprint density at radius 2 is 1.39 bits per heavy atom. The monoisotopic (exact) mass is 558 g/mol. The highest BCUT2D eigenvalue weighted by Gasteiger charge is 2.43.